The van der Waals surface area contributed by atoms with Gasteiger partial charge in [-0.1, -0.05) is 13.3 Å². The first-order chi connectivity index (χ1) is 10.7. The number of aromatic nitrogens is 3. The van der Waals surface area contributed by atoms with E-state index in [-0.39, 0.29) is 5.91 Å². The van der Waals surface area contributed by atoms with Crippen LogP contribution in [0.25, 0.3) is 0 Å². The summed E-state index contributed by atoms with van der Waals surface area (Å²) in [5, 5.41) is 11.2. The van der Waals surface area contributed by atoms with Crippen LogP contribution in [-0.2, 0) is 6.54 Å². The number of pyridine rings is 1. The highest BCUT2D eigenvalue weighted by Gasteiger charge is 2.13. The second kappa shape index (κ2) is 8.07. The highest BCUT2D eigenvalue weighted by Crippen LogP contribution is 2.07. The van der Waals surface area contributed by atoms with E-state index in [1.807, 2.05) is 12.1 Å². The Bertz CT molecular complexity index is 585. The van der Waals surface area contributed by atoms with Gasteiger partial charge in [0.15, 0.2) is 5.69 Å². The van der Waals surface area contributed by atoms with Crippen LogP contribution in [0, 0.1) is 0 Å². The number of nitrogens with zero attached hydrogens (tertiary/aromatic N) is 4. The molecule has 116 valence electrons. The quantitative estimate of drug-likeness (QED) is 0.849. The number of amides is 1. The Hall–Kier alpha value is -2.50. The monoisotopic (exact) mass is 299 g/mol. The van der Waals surface area contributed by atoms with E-state index < -0.39 is 0 Å². The van der Waals surface area contributed by atoms with Gasteiger partial charge in [-0.15, -0.1) is 10.2 Å². The van der Waals surface area contributed by atoms with Gasteiger partial charge < -0.3 is 10.2 Å². The molecular weight excluding hydrogens is 278 g/mol. The summed E-state index contributed by atoms with van der Waals surface area (Å²) in [6.45, 7) is 3.47. The van der Waals surface area contributed by atoms with Gasteiger partial charge in [-0.25, -0.2) is 0 Å². The smallest absolute Gasteiger partial charge is 0.274 e. The lowest BCUT2D eigenvalue weighted by Crippen LogP contribution is -2.28. The minimum atomic E-state index is -0.0957. The van der Waals surface area contributed by atoms with Gasteiger partial charge in [-0.05, 0) is 36.2 Å². The average molecular weight is 299 g/mol. The first-order valence-electron chi connectivity index (χ1n) is 7.42. The molecular formula is C16H21N5O. The zero-order chi connectivity index (χ0) is 15.8. The molecule has 0 saturated carbocycles. The Morgan fingerprint density at radius 1 is 1.18 bits per heavy atom. The molecule has 2 aromatic rings. The predicted octanol–water partition coefficient (Wildman–Crippen LogP) is 2.36. The van der Waals surface area contributed by atoms with Gasteiger partial charge in [0.1, 0.15) is 5.82 Å². The minimum Gasteiger partial charge on any atom is -0.365 e. The molecule has 0 aromatic carbocycles. The second-order valence-electron chi connectivity index (χ2n) is 5.09. The maximum Gasteiger partial charge on any atom is 0.274 e. The number of carbonyl (C=O) groups excluding carboxylic acids is 1. The van der Waals surface area contributed by atoms with Crippen LogP contribution in [0.4, 0.5) is 5.82 Å². The van der Waals surface area contributed by atoms with Crippen LogP contribution in [0.5, 0.6) is 0 Å². The third kappa shape index (κ3) is 4.51. The highest BCUT2D eigenvalue weighted by atomic mass is 16.2. The standard InChI is InChI=1S/C16H21N5O/c1-3-4-11-21(2)16(22)14-5-6-15(20-19-14)18-12-13-7-9-17-10-8-13/h5-10H,3-4,11-12H2,1-2H3,(H,18,20). The predicted molar refractivity (Wildman–Crippen MR) is 85.5 cm³/mol. The number of rotatable bonds is 7. The van der Waals surface area contributed by atoms with Gasteiger partial charge in [0.2, 0.25) is 0 Å². The third-order valence-electron chi connectivity index (χ3n) is 3.30. The molecule has 1 amide bonds. The molecule has 0 unspecified atom stereocenters. The van der Waals surface area contributed by atoms with Crippen molar-refractivity contribution < 1.29 is 4.79 Å². The number of hydrogen-bond donors (Lipinski definition) is 1. The molecule has 0 fully saturated rings. The van der Waals surface area contributed by atoms with Crippen LogP contribution < -0.4 is 5.32 Å². The largest absolute Gasteiger partial charge is 0.365 e. The van der Waals surface area contributed by atoms with Gasteiger partial charge in [0.05, 0.1) is 0 Å². The lowest BCUT2D eigenvalue weighted by molar-refractivity contribution is 0.0786. The molecule has 0 aliphatic carbocycles. The average Bonchev–Trinajstić information content (AvgIpc) is 2.58. The highest BCUT2D eigenvalue weighted by molar-refractivity contribution is 5.92. The normalized spacial score (nSPS) is 10.3. The van der Waals surface area contributed by atoms with Gasteiger partial charge in [0, 0.05) is 32.5 Å². The number of hydrogen-bond acceptors (Lipinski definition) is 5. The summed E-state index contributed by atoms with van der Waals surface area (Å²) in [6, 6.07) is 7.34. The van der Waals surface area contributed by atoms with E-state index in [9.17, 15) is 4.79 Å². The zero-order valence-corrected chi connectivity index (χ0v) is 13.0. The van der Waals surface area contributed by atoms with E-state index in [1.54, 1.807) is 36.5 Å². The summed E-state index contributed by atoms with van der Waals surface area (Å²) in [5.41, 5.74) is 1.48. The van der Waals surface area contributed by atoms with Crippen molar-refractivity contribution in [3.05, 3.63) is 47.9 Å². The Balaban J connectivity index is 1.91. The second-order valence-corrected chi connectivity index (χ2v) is 5.09. The summed E-state index contributed by atoms with van der Waals surface area (Å²) in [5.74, 6) is 0.547. The molecule has 6 nitrogen and oxygen atoms in total. The summed E-state index contributed by atoms with van der Waals surface area (Å²) in [7, 11) is 1.79. The summed E-state index contributed by atoms with van der Waals surface area (Å²) >= 11 is 0. The molecule has 0 aliphatic rings. The van der Waals surface area contributed by atoms with Crippen molar-refractivity contribution in [2.75, 3.05) is 18.9 Å². The summed E-state index contributed by atoms with van der Waals surface area (Å²) < 4.78 is 0. The van der Waals surface area contributed by atoms with E-state index in [4.69, 9.17) is 0 Å². The lowest BCUT2D eigenvalue weighted by Gasteiger charge is -2.15. The summed E-state index contributed by atoms with van der Waals surface area (Å²) in [6.07, 6.45) is 5.54. The zero-order valence-electron chi connectivity index (χ0n) is 13.0. The van der Waals surface area contributed by atoms with Crippen LogP contribution in [0.2, 0.25) is 0 Å². The van der Waals surface area contributed by atoms with Gasteiger partial charge in [0.25, 0.3) is 5.91 Å². The molecule has 0 radical (unpaired) electrons. The fraction of sp³-hybridized carbons (Fsp3) is 0.375. The van der Waals surface area contributed by atoms with E-state index in [2.05, 4.69) is 27.4 Å². The van der Waals surface area contributed by atoms with Crippen molar-refractivity contribution in [3.63, 3.8) is 0 Å². The molecule has 2 rings (SSSR count). The van der Waals surface area contributed by atoms with Crippen molar-refractivity contribution in [3.8, 4) is 0 Å². The number of unbranched alkanes of at least 4 members (excludes halogenated alkanes) is 1. The molecule has 22 heavy (non-hydrogen) atoms. The third-order valence-corrected chi connectivity index (χ3v) is 3.30. The Morgan fingerprint density at radius 3 is 2.59 bits per heavy atom. The van der Waals surface area contributed by atoms with E-state index in [0.29, 0.717) is 18.1 Å². The molecule has 0 saturated heterocycles. The SMILES string of the molecule is CCCCN(C)C(=O)c1ccc(NCc2ccncc2)nn1. The topological polar surface area (TPSA) is 71.0 Å². The Labute approximate surface area is 130 Å². The maximum absolute atomic E-state index is 12.1. The van der Waals surface area contributed by atoms with E-state index >= 15 is 0 Å². The van der Waals surface area contributed by atoms with E-state index in [0.717, 1.165) is 24.9 Å². The fourth-order valence-electron chi connectivity index (χ4n) is 1.93. The molecule has 2 aromatic heterocycles. The first-order valence-corrected chi connectivity index (χ1v) is 7.42. The molecule has 0 aliphatic heterocycles. The molecule has 2 heterocycles. The van der Waals surface area contributed by atoms with Crippen LogP contribution >= 0.6 is 0 Å². The van der Waals surface area contributed by atoms with Crippen molar-refractivity contribution >= 4 is 11.7 Å². The van der Waals surface area contributed by atoms with Crippen LogP contribution in [0.1, 0.15) is 35.8 Å². The number of nitrogens with one attached hydrogen (secondary N) is 1. The Kier molecular flexibility index (Phi) is 5.82. The number of carbonyl (C=O) groups is 1. The van der Waals surface area contributed by atoms with Crippen molar-refractivity contribution in [1.82, 2.24) is 20.1 Å². The van der Waals surface area contributed by atoms with Crippen LogP contribution in [-0.4, -0.2) is 39.6 Å². The number of anilines is 1. The fourth-order valence-corrected chi connectivity index (χ4v) is 1.93. The summed E-state index contributed by atoms with van der Waals surface area (Å²) in [4.78, 5) is 17.8. The van der Waals surface area contributed by atoms with Gasteiger partial charge >= 0.3 is 0 Å². The van der Waals surface area contributed by atoms with Crippen molar-refractivity contribution in [2.45, 2.75) is 26.3 Å². The van der Waals surface area contributed by atoms with Crippen LogP contribution in [0.15, 0.2) is 36.7 Å². The maximum atomic E-state index is 12.1. The first kappa shape index (κ1) is 15.9. The van der Waals surface area contributed by atoms with Crippen LogP contribution in [0.3, 0.4) is 0 Å². The van der Waals surface area contributed by atoms with Crippen molar-refractivity contribution in [1.29, 1.82) is 0 Å². The van der Waals surface area contributed by atoms with E-state index in [1.165, 1.54) is 0 Å². The van der Waals surface area contributed by atoms with Gasteiger partial charge in [-0.2, -0.15) is 0 Å². The van der Waals surface area contributed by atoms with Gasteiger partial charge in [-0.3, -0.25) is 9.78 Å². The minimum absolute atomic E-state index is 0.0957. The van der Waals surface area contributed by atoms with Crippen molar-refractivity contribution in [2.24, 2.45) is 0 Å². The Morgan fingerprint density at radius 2 is 1.95 bits per heavy atom. The lowest BCUT2D eigenvalue weighted by atomic mass is 10.2. The molecule has 0 bridgehead atoms. The molecule has 0 spiro atoms. The molecule has 1 N–H and O–H groups in total. The molecule has 6 heteroatoms. The molecule has 0 atom stereocenters.